The van der Waals surface area contributed by atoms with Crippen LogP contribution in [-0.2, 0) is 16.0 Å². The maximum absolute atomic E-state index is 9.67. The van der Waals surface area contributed by atoms with Crippen molar-refractivity contribution in [1.82, 2.24) is 5.32 Å². The summed E-state index contributed by atoms with van der Waals surface area (Å²) >= 11 is 6.00. The SMILES string of the molecule is COC(OC)C(C)NCc1c(O)cccc1Cl. The Kier molecular flexibility index (Phi) is 5.71. The smallest absolute Gasteiger partial charge is 0.171 e. The third-order valence-electron chi connectivity index (χ3n) is 2.57. The van der Waals surface area contributed by atoms with Crippen molar-refractivity contribution in [3.63, 3.8) is 0 Å². The van der Waals surface area contributed by atoms with Gasteiger partial charge in [-0.2, -0.15) is 0 Å². The van der Waals surface area contributed by atoms with E-state index in [1.54, 1.807) is 32.4 Å². The lowest BCUT2D eigenvalue weighted by Crippen LogP contribution is -2.39. The maximum atomic E-state index is 9.67. The summed E-state index contributed by atoms with van der Waals surface area (Å²) in [4.78, 5) is 0. The summed E-state index contributed by atoms with van der Waals surface area (Å²) in [5.41, 5.74) is 0.673. The number of aromatic hydroxyl groups is 1. The average Bonchev–Trinajstić information content (AvgIpc) is 2.30. The van der Waals surface area contributed by atoms with E-state index < -0.39 is 0 Å². The summed E-state index contributed by atoms with van der Waals surface area (Å²) in [7, 11) is 3.17. The topological polar surface area (TPSA) is 50.7 Å². The molecule has 0 fully saturated rings. The zero-order valence-electron chi connectivity index (χ0n) is 10.2. The number of phenolic OH excluding ortho intramolecular Hbond substituents is 1. The molecule has 0 saturated heterocycles. The molecule has 96 valence electrons. The monoisotopic (exact) mass is 259 g/mol. The van der Waals surface area contributed by atoms with Crippen molar-refractivity contribution in [3.05, 3.63) is 28.8 Å². The summed E-state index contributed by atoms with van der Waals surface area (Å²) in [5, 5.41) is 13.4. The predicted molar refractivity (Wildman–Crippen MR) is 67.2 cm³/mol. The van der Waals surface area contributed by atoms with E-state index >= 15 is 0 Å². The number of hydrogen-bond acceptors (Lipinski definition) is 4. The second kappa shape index (κ2) is 6.81. The molecule has 5 heteroatoms. The van der Waals surface area contributed by atoms with Crippen LogP contribution in [0.4, 0.5) is 0 Å². The molecule has 0 aliphatic carbocycles. The minimum Gasteiger partial charge on any atom is -0.508 e. The Labute approximate surface area is 106 Å². The van der Waals surface area contributed by atoms with Gasteiger partial charge in [-0.05, 0) is 19.1 Å². The highest BCUT2D eigenvalue weighted by molar-refractivity contribution is 6.31. The number of methoxy groups -OCH3 is 2. The number of ether oxygens (including phenoxy) is 2. The molecule has 0 aliphatic rings. The molecule has 1 rings (SSSR count). The van der Waals surface area contributed by atoms with Crippen LogP contribution in [0.1, 0.15) is 12.5 Å². The molecule has 17 heavy (non-hydrogen) atoms. The van der Waals surface area contributed by atoms with Crippen LogP contribution in [0.2, 0.25) is 5.02 Å². The highest BCUT2D eigenvalue weighted by atomic mass is 35.5. The van der Waals surface area contributed by atoms with E-state index in [0.717, 1.165) is 0 Å². The minimum absolute atomic E-state index is 0.0133. The molecule has 0 spiro atoms. The molecule has 0 heterocycles. The van der Waals surface area contributed by atoms with Gasteiger partial charge in [0.1, 0.15) is 5.75 Å². The van der Waals surface area contributed by atoms with E-state index in [1.807, 2.05) is 6.92 Å². The second-order valence-electron chi connectivity index (χ2n) is 3.75. The third kappa shape index (κ3) is 3.85. The van der Waals surface area contributed by atoms with Crippen LogP contribution in [0.5, 0.6) is 5.75 Å². The van der Waals surface area contributed by atoms with Crippen molar-refractivity contribution in [3.8, 4) is 5.75 Å². The van der Waals surface area contributed by atoms with Gasteiger partial charge in [-0.25, -0.2) is 0 Å². The molecule has 0 saturated carbocycles. The molecule has 0 radical (unpaired) electrons. The van der Waals surface area contributed by atoms with Gasteiger partial charge in [0, 0.05) is 31.4 Å². The van der Waals surface area contributed by atoms with Crippen LogP contribution in [-0.4, -0.2) is 31.7 Å². The van der Waals surface area contributed by atoms with Crippen molar-refractivity contribution < 1.29 is 14.6 Å². The van der Waals surface area contributed by atoms with Crippen molar-refractivity contribution in [2.24, 2.45) is 0 Å². The molecule has 2 N–H and O–H groups in total. The lowest BCUT2D eigenvalue weighted by molar-refractivity contribution is -0.119. The number of hydrogen-bond donors (Lipinski definition) is 2. The number of benzene rings is 1. The lowest BCUT2D eigenvalue weighted by Gasteiger charge is -2.22. The van der Waals surface area contributed by atoms with Crippen LogP contribution in [0, 0.1) is 0 Å². The zero-order chi connectivity index (χ0) is 12.8. The Balaban J connectivity index is 2.61. The van der Waals surface area contributed by atoms with E-state index in [1.165, 1.54) is 0 Å². The van der Waals surface area contributed by atoms with Crippen molar-refractivity contribution in [1.29, 1.82) is 0 Å². The van der Waals surface area contributed by atoms with Crippen LogP contribution in [0.15, 0.2) is 18.2 Å². The highest BCUT2D eigenvalue weighted by Gasteiger charge is 2.16. The Hall–Kier alpha value is -0.810. The van der Waals surface area contributed by atoms with Gasteiger partial charge in [-0.3, -0.25) is 0 Å². The third-order valence-corrected chi connectivity index (χ3v) is 2.92. The van der Waals surface area contributed by atoms with Gasteiger partial charge >= 0.3 is 0 Å². The largest absolute Gasteiger partial charge is 0.508 e. The molecular formula is C12H18ClNO3. The maximum Gasteiger partial charge on any atom is 0.171 e. The summed E-state index contributed by atoms with van der Waals surface area (Å²) in [5.74, 6) is 0.184. The van der Waals surface area contributed by atoms with E-state index in [-0.39, 0.29) is 18.1 Å². The van der Waals surface area contributed by atoms with E-state index in [2.05, 4.69) is 5.32 Å². The zero-order valence-corrected chi connectivity index (χ0v) is 11.0. The Morgan fingerprint density at radius 1 is 1.35 bits per heavy atom. The van der Waals surface area contributed by atoms with Gasteiger partial charge in [0.05, 0.1) is 6.04 Å². The molecule has 0 aromatic heterocycles. The normalized spacial score (nSPS) is 13.0. The Bertz CT molecular complexity index is 335. The fourth-order valence-electron chi connectivity index (χ4n) is 1.59. The summed E-state index contributed by atoms with van der Waals surface area (Å²) in [6.07, 6.45) is -0.334. The van der Waals surface area contributed by atoms with E-state index in [0.29, 0.717) is 17.1 Å². The number of rotatable bonds is 6. The Morgan fingerprint density at radius 3 is 2.53 bits per heavy atom. The summed E-state index contributed by atoms with van der Waals surface area (Å²) in [6, 6.07) is 5.04. The molecule has 0 aliphatic heterocycles. The molecule has 1 aromatic carbocycles. The second-order valence-corrected chi connectivity index (χ2v) is 4.15. The Morgan fingerprint density at radius 2 is 2.00 bits per heavy atom. The van der Waals surface area contributed by atoms with E-state index in [4.69, 9.17) is 21.1 Å². The van der Waals surface area contributed by atoms with Crippen molar-refractivity contribution in [2.45, 2.75) is 25.8 Å². The molecule has 1 atom stereocenters. The van der Waals surface area contributed by atoms with Gasteiger partial charge in [-0.15, -0.1) is 0 Å². The molecule has 1 aromatic rings. The number of halogens is 1. The molecule has 0 amide bonds. The minimum atomic E-state index is -0.334. The number of nitrogens with one attached hydrogen (secondary N) is 1. The highest BCUT2D eigenvalue weighted by Crippen LogP contribution is 2.25. The first-order chi connectivity index (χ1) is 8.10. The van der Waals surface area contributed by atoms with E-state index in [9.17, 15) is 5.11 Å². The van der Waals surface area contributed by atoms with Crippen molar-refractivity contribution >= 4 is 11.6 Å². The fraction of sp³-hybridized carbons (Fsp3) is 0.500. The van der Waals surface area contributed by atoms with Crippen LogP contribution < -0.4 is 5.32 Å². The quantitative estimate of drug-likeness (QED) is 0.769. The van der Waals surface area contributed by atoms with Crippen LogP contribution in [0.25, 0.3) is 0 Å². The standard InChI is InChI=1S/C12H18ClNO3/c1-8(12(16-2)17-3)14-7-9-10(13)5-4-6-11(9)15/h4-6,8,12,14-15H,7H2,1-3H3. The lowest BCUT2D eigenvalue weighted by atomic mass is 10.2. The first kappa shape index (κ1) is 14.3. The van der Waals surface area contributed by atoms with Gasteiger partial charge in [0.15, 0.2) is 6.29 Å². The molecule has 1 unspecified atom stereocenters. The first-order valence-electron chi connectivity index (χ1n) is 5.35. The van der Waals surface area contributed by atoms with Gasteiger partial charge in [0.25, 0.3) is 0 Å². The summed E-state index contributed by atoms with van der Waals surface area (Å²) in [6.45, 7) is 2.39. The number of phenols is 1. The molecule has 0 bridgehead atoms. The predicted octanol–water partition coefficient (Wildman–Crippen LogP) is 2.14. The molecular weight excluding hydrogens is 242 g/mol. The van der Waals surface area contributed by atoms with Gasteiger partial charge < -0.3 is 19.9 Å². The van der Waals surface area contributed by atoms with Crippen LogP contribution in [0.3, 0.4) is 0 Å². The van der Waals surface area contributed by atoms with Crippen LogP contribution >= 0.6 is 11.6 Å². The average molecular weight is 260 g/mol. The fourth-order valence-corrected chi connectivity index (χ4v) is 1.82. The van der Waals surface area contributed by atoms with Gasteiger partial charge in [-0.1, -0.05) is 17.7 Å². The summed E-state index contributed by atoms with van der Waals surface area (Å²) < 4.78 is 10.3. The first-order valence-corrected chi connectivity index (χ1v) is 5.73. The van der Waals surface area contributed by atoms with Crippen molar-refractivity contribution in [2.75, 3.05) is 14.2 Å². The molecule has 4 nitrogen and oxygen atoms in total. The van der Waals surface area contributed by atoms with Gasteiger partial charge in [0.2, 0.25) is 0 Å².